The van der Waals surface area contributed by atoms with Gasteiger partial charge in [0.2, 0.25) is 5.96 Å². The van der Waals surface area contributed by atoms with Crippen LogP contribution in [0.15, 0.2) is 64.8 Å². The number of nitrogens with zero attached hydrogens (tertiary/aromatic N) is 2. The van der Waals surface area contributed by atoms with Crippen LogP contribution in [0.25, 0.3) is 0 Å². The fourth-order valence-corrected chi connectivity index (χ4v) is 1.59. The lowest BCUT2D eigenvalue weighted by Gasteiger charge is -2.05. The van der Waals surface area contributed by atoms with E-state index in [9.17, 15) is 4.39 Å². The van der Waals surface area contributed by atoms with Crippen molar-refractivity contribution in [3.63, 3.8) is 0 Å². The Kier molecular flexibility index (Phi) is 5.68. The molecule has 2 rings (SSSR count). The van der Waals surface area contributed by atoms with Crippen LogP contribution in [0, 0.1) is 5.82 Å². The molecule has 6 heteroatoms. The van der Waals surface area contributed by atoms with Gasteiger partial charge in [0.15, 0.2) is 0 Å². The van der Waals surface area contributed by atoms with Crippen molar-refractivity contribution in [3.05, 3.63) is 71.5 Å². The highest BCUT2D eigenvalue weighted by Crippen LogP contribution is 2.12. The van der Waals surface area contributed by atoms with Gasteiger partial charge in [0.05, 0.1) is 0 Å². The van der Waals surface area contributed by atoms with E-state index in [0.29, 0.717) is 5.71 Å². The predicted molar refractivity (Wildman–Crippen MR) is 81.5 cm³/mol. The second kappa shape index (κ2) is 7.25. The van der Waals surface area contributed by atoms with Gasteiger partial charge in [-0.15, -0.1) is 22.6 Å². The largest absolute Gasteiger partial charge is 0.369 e. The number of hydrogen-bond acceptors (Lipinski definition) is 2. The fraction of sp³-hybridized carbons (Fsp3) is 0. The molecule has 104 valence electrons. The molecule has 2 aromatic carbocycles. The van der Waals surface area contributed by atoms with Crippen molar-refractivity contribution in [2.24, 2.45) is 21.7 Å². The maximum Gasteiger partial charge on any atom is 0.211 e. The van der Waals surface area contributed by atoms with E-state index < -0.39 is 0 Å². The van der Waals surface area contributed by atoms with Gasteiger partial charge < -0.3 is 11.5 Å². The molecule has 0 atom stereocenters. The van der Waals surface area contributed by atoms with Crippen molar-refractivity contribution in [1.29, 1.82) is 0 Å². The summed E-state index contributed by atoms with van der Waals surface area (Å²) in [5.41, 5.74) is 12.7. The minimum Gasteiger partial charge on any atom is -0.369 e. The first kappa shape index (κ1) is 15.7. The zero-order chi connectivity index (χ0) is 13.7. The minimum atomic E-state index is -0.307. The van der Waals surface area contributed by atoms with Gasteiger partial charge in [0.25, 0.3) is 0 Å². The van der Waals surface area contributed by atoms with E-state index in [-0.39, 0.29) is 24.2 Å². The molecule has 0 aliphatic carbocycles. The molecule has 0 radical (unpaired) electrons. The molecule has 0 heterocycles. The second-order valence-corrected chi connectivity index (χ2v) is 3.85. The van der Waals surface area contributed by atoms with Gasteiger partial charge in [-0.1, -0.05) is 30.3 Å². The van der Waals surface area contributed by atoms with Gasteiger partial charge in [-0.3, -0.25) is 0 Å². The fourth-order valence-electron chi connectivity index (χ4n) is 1.59. The van der Waals surface area contributed by atoms with E-state index >= 15 is 0 Å². The Hall–Kier alpha value is -2.40. The highest BCUT2D eigenvalue weighted by atomic mass is 35.5. The molecule has 0 saturated carbocycles. The lowest BCUT2D eigenvalue weighted by molar-refractivity contribution is 0.628. The normalized spacial score (nSPS) is 10.6. The second-order valence-electron chi connectivity index (χ2n) is 3.85. The maximum atomic E-state index is 13.0. The molecule has 0 bridgehead atoms. The summed E-state index contributed by atoms with van der Waals surface area (Å²) in [4.78, 5) is 0. The van der Waals surface area contributed by atoms with Crippen molar-refractivity contribution >= 4 is 24.1 Å². The van der Waals surface area contributed by atoms with Crippen LogP contribution in [-0.2, 0) is 0 Å². The van der Waals surface area contributed by atoms with Crippen molar-refractivity contribution in [2.45, 2.75) is 0 Å². The molecule has 4 nitrogen and oxygen atoms in total. The van der Waals surface area contributed by atoms with Crippen LogP contribution in [0.3, 0.4) is 0 Å². The number of rotatable bonds is 3. The van der Waals surface area contributed by atoms with Gasteiger partial charge >= 0.3 is 0 Å². The summed E-state index contributed by atoms with van der Waals surface area (Å²) < 4.78 is 13.0. The van der Waals surface area contributed by atoms with E-state index in [0.717, 1.165) is 11.1 Å². The summed E-state index contributed by atoms with van der Waals surface area (Å²) in [6.45, 7) is 0. The Morgan fingerprint density at radius 3 is 1.90 bits per heavy atom. The van der Waals surface area contributed by atoms with E-state index in [1.165, 1.54) is 12.1 Å². The molecule has 0 fully saturated rings. The topological polar surface area (TPSA) is 76.8 Å². The van der Waals surface area contributed by atoms with Gasteiger partial charge in [-0.2, -0.15) is 0 Å². The maximum absolute atomic E-state index is 13.0. The van der Waals surface area contributed by atoms with Crippen LogP contribution in [0.5, 0.6) is 0 Å². The first-order valence-electron chi connectivity index (χ1n) is 5.65. The first-order chi connectivity index (χ1) is 9.16. The van der Waals surface area contributed by atoms with Crippen LogP contribution < -0.4 is 11.5 Å². The Balaban J connectivity index is 0.00000200. The van der Waals surface area contributed by atoms with Crippen LogP contribution >= 0.6 is 12.4 Å². The Morgan fingerprint density at radius 1 is 0.800 bits per heavy atom. The molecule has 20 heavy (non-hydrogen) atoms. The van der Waals surface area contributed by atoms with Gasteiger partial charge in [0.1, 0.15) is 11.5 Å². The number of nitrogens with two attached hydrogens (primary N) is 2. The lowest BCUT2D eigenvalue weighted by atomic mass is 10.0. The summed E-state index contributed by atoms with van der Waals surface area (Å²) in [5.74, 6) is -0.437. The Labute approximate surface area is 122 Å². The zero-order valence-corrected chi connectivity index (χ0v) is 11.3. The highest BCUT2D eigenvalue weighted by Gasteiger charge is 2.06. The van der Waals surface area contributed by atoms with Crippen molar-refractivity contribution in [3.8, 4) is 0 Å². The van der Waals surface area contributed by atoms with Crippen LogP contribution in [0.2, 0.25) is 0 Å². The number of benzene rings is 2. The van der Waals surface area contributed by atoms with E-state index in [1.54, 1.807) is 12.1 Å². The molecule has 0 saturated heterocycles. The highest BCUT2D eigenvalue weighted by molar-refractivity contribution is 6.12. The Bertz CT molecular complexity index is 605. The third kappa shape index (κ3) is 4.07. The summed E-state index contributed by atoms with van der Waals surface area (Å²) in [5, 5.41) is 7.69. The summed E-state index contributed by atoms with van der Waals surface area (Å²) >= 11 is 0. The van der Waals surface area contributed by atoms with Crippen LogP contribution in [0.4, 0.5) is 4.39 Å². The predicted octanol–water partition coefficient (Wildman–Crippen LogP) is 2.27. The van der Waals surface area contributed by atoms with Crippen molar-refractivity contribution in [1.82, 2.24) is 0 Å². The van der Waals surface area contributed by atoms with E-state index in [1.807, 2.05) is 30.3 Å². The zero-order valence-electron chi connectivity index (χ0n) is 10.5. The SMILES string of the molecule is Cl.NC(N)=NN=C(c1ccccc1)c1ccc(F)cc1. The molecule has 0 aliphatic heterocycles. The van der Waals surface area contributed by atoms with Gasteiger partial charge in [0, 0.05) is 11.1 Å². The Morgan fingerprint density at radius 2 is 1.35 bits per heavy atom. The number of hydrogen-bond donors (Lipinski definition) is 2. The molecule has 0 aromatic heterocycles. The third-order valence-corrected chi connectivity index (χ3v) is 2.43. The van der Waals surface area contributed by atoms with E-state index in [2.05, 4.69) is 10.2 Å². The lowest BCUT2D eigenvalue weighted by Crippen LogP contribution is -2.22. The van der Waals surface area contributed by atoms with Crippen molar-refractivity contribution < 1.29 is 4.39 Å². The molecular formula is C14H14ClFN4. The summed E-state index contributed by atoms with van der Waals surface area (Å²) in [6, 6.07) is 15.4. The third-order valence-electron chi connectivity index (χ3n) is 2.43. The standard InChI is InChI=1S/C14H13FN4.ClH/c15-12-8-6-11(7-9-12)13(18-19-14(16)17)10-4-2-1-3-5-10;/h1-9H,(H4,16,17,19);1H. The monoisotopic (exact) mass is 292 g/mol. The first-order valence-corrected chi connectivity index (χ1v) is 5.65. The molecule has 0 spiro atoms. The molecule has 2 aromatic rings. The van der Waals surface area contributed by atoms with Crippen LogP contribution in [-0.4, -0.2) is 11.7 Å². The number of halogens is 2. The van der Waals surface area contributed by atoms with Gasteiger partial charge in [-0.25, -0.2) is 4.39 Å². The molecule has 0 amide bonds. The number of guanidine groups is 1. The van der Waals surface area contributed by atoms with Crippen LogP contribution in [0.1, 0.15) is 11.1 Å². The molecule has 0 aliphatic rings. The minimum absolute atomic E-state index is 0. The van der Waals surface area contributed by atoms with Gasteiger partial charge in [-0.05, 0) is 24.3 Å². The molecular weight excluding hydrogens is 279 g/mol. The average Bonchev–Trinajstić information content (AvgIpc) is 2.42. The quantitative estimate of drug-likeness (QED) is 0.517. The smallest absolute Gasteiger partial charge is 0.211 e. The van der Waals surface area contributed by atoms with E-state index in [4.69, 9.17) is 11.5 Å². The van der Waals surface area contributed by atoms with Crippen molar-refractivity contribution in [2.75, 3.05) is 0 Å². The molecule has 0 unspecified atom stereocenters. The molecule has 4 N–H and O–H groups in total. The average molecular weight is 293 g/mol. The summed E-state index contributed by atoms with van der Waals surface area (Å²) in [6.07, 6.45) is 0. The summed E-state index contributed by atoms with van der Waals surface area (Å²) in [7, 11) is 0.